The molecule has 2 aliphatic rings. The summed E-state index contributed by atoms with van der Waals surface area (Å²) < 4.78 is 0. The minimum atomic E-state index is -0.546. The summed E-state index contributed by atoms with van der Waals surface area (Å²) in [5.74, 6) is 1.85. The van der Waals surface area contributed by atoms with Crippen LogP contribution in [-0.4, -0.2) is 27.0 Å². The smallest absolute Gasteiger partial charge is 0.164 e. The summed E-state index contributed by atoms with van der Waals surface area (Å²) in [7, 11) is 0. The van der Waals surface area contributed by atoms with E-state index in [0.717, 1.165) is 68.6 Å². The molecule has 1 aliphatic heterocycles. The molecule has 4 nitrogen and oxygen atoms in total. The van der Waals surface area contributed by atoms with Crippen molar-refractivity contribution in [1.82, 2.24) is 15.0 Å². The Kier molecular flexibility index (Phi) is 11.2. The molecule has 1 unspecified atom stereocenters. The Labute approximate surface area is 393 Å². The third-order valence-corrected chi connectivity index (χ3v) is 13.1. The molecule has 0 spiro atoms. The van der Waals surface area contributed by atoms with E-state index in [0.29, 0.717) is 23.9 Å². The number of nitrogens with zero attached hydrogens (tertiary/aromatic N) is 4. The maximum atomic E-state index is 5.43. The maximum absolute atomic E-state index is 5.43. The van der Waals surface area contributed by atoms with Gasteiger partial charge in [0.2, 0.25) is 0 Å². The minimum absolute atomic E-state index is 0.546. The molecule has 0 fully saturated rings. The quantitative estimate of drug-likeness (QED) is 0.122. The lowest BCUT2D eigenvalue weighted by molar-refractivity contribution is 0.603. The monoisotopic (exact) mass is 860 g/mol. The van der Waals surface area contributed by atoms with Crippen molar-refractivity contribution in [3.63, 3.8) is 0 Å². The highest BCUT2D eigenvalue weighted by atomic mass is 15.2. The van der Waals surface area contributed by atoms with Gasteiger partial charge in [0.1, 0.15) is 0 Å². The predicted molar refractivity (Wildman–Crippen MR) is 279 cm³/mol. The van der Waals surface area contributed by atoms with Gasteiger partial charge in [-0.2, -0.15) is 0 Å². The lowest BCUT2D eigenvalue weighted by atomic mass is 9.75. The Balaban J connectivity index is 1.10. The molecule has 320 valence electrons. The van der Waals surface area contributed by atoms with Crippen molar-refractivity contribution in [2.75, 3.05) is 11.4 Å². The van der Waals surface area contributed by atoms with E-state index in [1.54, 1.807) is 0 Å². The largest absolute Gasteiger partial charge is 0.357 e. The molecule has 0 bridgehead atoms. The molecule has 4 heteroatoms. The highest BCUT2D eigenvalue weighted by Crippen LogP contribution is 2.50. The molecule has 0 N–H and O–H groups in total. The second kappa shape index (κ2) is 18.2. The van der Waals surface area contributed by atoms with E-state index in [9.17, 15) is 0 Å². The van der Waals surface area contributed by atoms with Gasteiger partial charge in [0.15, 0.2) is 17.5 Å². The van der Waals surface area contributed by atoms with Gasteiger partial charge in [-0.3, -0.25) is 0 Å². The van der Waals surface area contributed by atoms with Gasteiger partial charge in [-0.1, -0.05) is 225 Å². The van der Waals surface area contributed by atoms with Gasteiger partial charge < -0.3 is 4.90 Å². The van der Waals surface area contributed by atoms with Crippen LogP contribution < -0.4 is 4.90 Å². The average Bonchev–Trinajstić information content (AvgIpc) is 3.87. The molecule has 1 aromatic heterocycles. The molecular weight excluding hydrogens is 813 g/mol. The van der Waals surface area contributed by atoms with Gasteiger partial charge in [0, 0.05) is 34.5 Å². The van der Waals surface area contributed by atoms with Crippen LogP contribution in [0.2, 0.25) is 0 Å². The Morgan fingerprint density at radius 1 is 0.448 bits per heavy atom. The fourth-order valence-corrected chi connectivity index (χ4v) is 9.81. The highest BCUT2D eigenvalue weighted by molar-refractivity contribution is 5.95. The SMILES string of the molecule is C=CC=CC1(N2CCc3cccc(-c4ccccc4)c32)CC=C(c2nc(-c3ccc(-c4ccccc4)cc3)nc(-c3cc(-c4ccccc4)cc(-c4ccccc4)c3)n2)C=C1c1ccccc1. The summed E-state index contributed by atoms with van der Waals surface area (Å²) >= 11 is 0. The number of anilines is 1. The molecular formula is C63H48N4. The molecule has 1 aliphatic carbocycles. The summed E-state index contributed by atoms with van der Waals surface area (Å²) in [6.45, 7) is 5.03. The number of allylic oxidation sites excluding steroid dienone is 4. The molecule has 0 saturated heterocycles. The Hall–Kier alpha value is -8.47. The topological polar surface area (TPSA) is 41.9 Å². The van der Waals surface area contributed by atoms with Crippen LogP contribution in [0.4, 0.5) is 5.69 Å². The summed E-state index contributed by atoms with van der Waals surface area (Å²) in [5.41, 5.74) is 16.4. The van der Waals surface area contributed by atoms with Gasteiger partial charge in [0.25, 0.3) is 0 Å². The van der Waals surface area contributed by atoms with Crippen molar-refractivity contribution in [2.24, 2.45) is 0 Å². The normalized spacial score (nSPS) is 15.5. The molecule has 9 aromatic rings. The Morgan fingerprint density at radius 3 is 1.51 bits per heavy atom. The predicted octanol–water partition coefficient (Wildman–Crippen LogP) is 15.3. The summed E-state index contributed by atoms with van der Waals surface area (Å²) in [6, 6.07) is 75.1. The third-order valence-electron chi connectivity index (χ3n) is 13.1. The Bertz CT molecular complexity index is 3250. The fourth-order valence-electron chi connectivity index (χ4n) is 9.81. The molecule has 1 atom stereocenters. The fraction of sp³-hybridized carbons (Fsp3) is 0.0635. The van der Waals surface area contributed by atoms with E-state index in [1.165, 1.54) is 28.0 Å². The first kappa shape index (κ1) is 41.2. The van der Waals surface area contributed by atoms with Crippen molar-refractivity contribution < 1.29 is 0 Å². The van der Waals surface area contributed by atoms with Crippen LogP contribution in [-0.2, 0) is 6.42 Å². The van der Waals surface area contributed by atoms with Crippen molar-refractivity contribution in [1.29, 1.82) is 0 Å². The summed E-state index contributed by atoms with van der Waals surface area (Å²) in [6.07, 6.45) is 12.6. The number of para-hydroxylation sites is 1. The number of hydrogen-bond acceptors (Lipinski definition) is 4. The number of aromatic nitrogens is 3. The third kappa shape index (κ3) is 8.15. The Morgan fingerprint density at radius 2 is 0.925 bits per heavy atom. The van der Waals surface area contributed by atoms with E-state index in [-0.39, 0.29) is 0 Å². The minimum Gasteiger partial charge on any atom is -0.357 e. The van der Waals surface area contributed by atoms with Crippen LogP contribution >= 0.6 is 0 Å². The molecule has 11 rings (SSSR count). The first-order chi connectivity index (χ1) is 33.1. The van der Waals surface area contributed by atoms with Crippen molar-refractivity contribution >= 4 is 16.8 Å². The number of fused-ring (bicyclic) bond motifs is 1. The first-order valence-corrected chi connectivity index (χ1v) is 23.1. The lowest BCUT2D eigenvalue weighted by Gasteiger charge is -2.45. The number of hydrogen-bond donors (Lipinski definition) is 0. The average molecular weight is 861 g/mol. The van der Waals surface area contributed by atoms with E-state index in [4.69, 9.17) is 15.0 Å². The van der Waals surface area contributed by atoms with Gasteiger partial charge in [0.05, 0.1) is 5.54 Å². The first-order valence-electron chi connectivity index (χ1n) is 23.1. The molecule has 0 amide bonds. The molecule has 8 aromatic carbocycles. The van der Waals surface area contributed by atoms with Crippen LogP contribution in [0.5, 0.6) is 0 Å². The van der Waals surface area contributed by atoms with Crippen LogP contribution in [0.1, 0.15) is 23.4 Å². The summed E-state index contributed by atoms with van der Waals surface area (Å²) in [4.78, 5) is 18.7. The molecule has 67 heavy (non-hydrogen) atoms. The maximum Gasteiger partial charge on any atom is 0.164 e. The highest BCUT2D eigenvalue weighted by Gasteiger charge is 2.44. The van der Waals surface area contributed by atoms with Crippen LogP contribution in [0, 0.1) is 0 Å². The molecule has 0 saturated carbocycles. The second-order valence-electron chi connectivity index (χ2n) is 17.2. The van der Waals surface area contributed by atoms with E-state index < -0.39 is 5.54 Å². The zero-order valence-corrected chi connectivity index (χ0v) is 37.2. The van der Waals surface area contributed by atoms with Crippen LogP contribution in [0.3, 0.4) is 0 Å². The van der Waals surface area contributed by atoms with E-state index in [1.807, 2.05) is 12.1 Å². The van der Waals surface area contributed by atoms with Crippen LogP contribution in [0.15, 0.2) is 249 Å². The van der Waals surface area contributed by atoms with Gasteiger partial charge in [-0.05, 0) is 92.8 Å². The zero-order chi connectivity index (χ0) is 45.0. The van der Waals surface area contributed by atoms with Crippen molar-refractivity contribution in [3.8, 4) is 67.3 Å². The van der Waals surface area contributed by atoms with Gasteiger partial charge >= 0.3 is 0 Å². The zero-order valence-electron chi connectivity index (χ0n) is 37.2. The van der Waals surface area contributed by atoms with Crippen molar-refractivity contribution in [2.45, 2.75) is 18.4 Å². The lowest BCUT2D eigenvalue weighted by Crippen LogP contribution is -2.48. The standard InChI is InChI=1S/C63H48N4/c1-2-3-38-63(67-40-37-51-30-19-31-57(59(51)67)49-26-15-7-16-27-49)39-36-53(44-58(63)50-28-17-8-18-29-50)61-64-60(52-34-32-48(33-35-52)45-20-9-4-10-21-45)65-62(66-61)56-42-54(46-22-11-5-12-23-46)41-55(43-56)47-24-13-6-14-25-47/h2-36,38,41-44H,1,37,39-40H2. The summed E-state index contributed by atoms with van der Waals surface area (Å²) in [5, 5.41) is 0. The molecule has 2 heterocycles. The second-order valence-corrected chi connectivity index (χ2v) is 17.2. The number of rotatable bonds is 11. The van der Waals surface area contributed by atoms with Gasteiger partial charge in [-0.25, -0.2) is 15.0 Å². The van der Waals surface area contributed by atoms with Crippen LogP contribution in [0.25, 0.3) is 78.4 Å². The van der Waals surface area contributed by atoms with Crippen molar-refractivity contribution in [3.05, 3.63) is 266 Å². The van der Waals surface area contributed by atoms with Gasteiger partial charge in [-0.15, -0.1) is 0 Å². The van der Waals surface area contributed by atoms with E-state index in [2.05, 4.69) is 242 Å². The molecule has 0 radical (unpaired) electrons. The van der Waals surface area contributed by atoms with E-state index >= 15 is 0 Å². The number of benzene rings is 8.